The highest BCUT2D eigenvalue weighted by molar-refractivity contribution is 6.04. The Balaban J connectivity index is 2.23. The number of carbonyl (C=O) groups excluding carboxylic acids is 2. The van der Waals surface area contributed by atoms with Gasteiger partial charge in [-0.3, -0.25) is 9.59 Å². The Hall–Kier alpha value is -2.89. The van der Waals surface area contributed by atoms with Crippen LogP contribution in [0.4, 0.5) is 5.69 Å². The normalized spacial score (nSPS) is 10.0. The fourth-order valence-corrected chi connectivity index (χ4v) is 1.79. The second-order valence-electron chi connectivity index (χ2n) is 4.41. The van der Waals surface area contributed by atoms with Gasteiger partial charge in [-0.2, -0.15) is 0 Å². The second-order valence-corrected chi connectivity index (χ2v) is 4.41. The molecular formula is C15H14N2O4. The van der Waals surface area contributed by atoms with Gasteiger partial charge in [-0.05, 0) is 37.3 Å². The van der Waals surface area contributed by atoms with Crippen molar-refractivity contribution in [3.63, 3.8) is 0 Å². The lowest BCUT2D eigenvalue weighted by molar-refractivity contribution is 0.0600. The van der Waals surface area contributed by atoms with E-state index >= 15 is 0 Å². The number of hydrogen-bond acceptors (Lipinski definition) is 4. The summed E-state index contributed by atoms with van der Waals surface area (Å²) < 4.78 is 4.61. The van der Waals surface area contributed by atoms with Gasteiger partial charge >= 0.3 is 5.97 Å². The lowest BCUT2D eigenvalue weighted by Crippen LogP contribution is -2.23. The number of amides is 1. The van der Waals surface area contributed by atoms with Crippen LogP contribution in [0.2, 0.25) is 0 Å². The maximum absolute atomic E-state index is 12.0. The van der Waals surface area contributed by atoms with Crippen molar-refractivity contribution in [1.29, 1.82) is 0 Å². The van der Waals surface area contributed by atoms with Crippen molar-refractivity contribution >= 4 is 17.6 Å². The van der Waals surface area contributed by atoms with E-state index in [0.717, 1.165) is 0 Å². The van der Waals surface area contributed by atoms with Crippen molar-refractivity contribution in [1.82, 2.24) is 4.98 Å². The van der Waals surface area contributed by atoms with E-state index in [9.17, 15) is 14.4 Å². The number of pyridine rings is 1. The van der Waals surface area contributed by atoms with Crippen molar-refractivity contribution < 1.29 is 14.3 Å². The number of anilines is 1. The standard InChI is InChI=1S/C15H14N2O4/c1-9-6-7-12(13(18)16-9)14(19)17-11-5-3-4-10(8-11)15(20)21-2/h3-8H,1-2H3,(H,16,18)(H,17,19). The van der Waals surface area contributed by atoms with Crippen LogP contribution in [0.1, 0.15) is 26.4 Å². The molecule has 6 heteroatoms. The molecular weight excluding hydrogens is 272 g/mol. The molecule has 2 aromatic rings. The second kappa shape index (κ2) is 6.04. The van der Waals surface area contributed by atoms with Crippen LogP contribution in [0.25, 0.3) is 0 Å². The molecule has 0 atom stereocenters. The van der Waals surface area contributed by atoms with Crippen LogP contribution >= 0.6 is 0 Å². The molecule has 1 heterocycles. The van der Waals surface area contributed by atoms with Crippen LogP contribution in [-0.2, 0) is 4.74 Å². The highest BCUT2D eigenvalue weighted by atomic mass is 16.5. The molecule has 21 heavy (non-hydrogen) atoms. The van der Waals surface area contributed by atoms with E-state index in [4.69, 9.17) is 0 Å². The predicted octanol–water partition coefficient (Wildman–Crippen LogP) is 1.72. The molecule has 2 rings (SSSR count). The van der Waals surface area contributed by atoms with Crippen molar-refractivity contribution in [2.45, 2.75) is 6.92 Å². The smallest absolute Gasteiger partial charge is 0.337 e. The van der Waals surface area contributed by atoms with E-state index in [1.165, 1.54) is 19.2 Å². The summed E-state index contributed by atoms with van der Waals surface area (Å²) in [4.78, 5) is 37.7. The maximum atomic E-state index is 12.0. The zero-order valence-electron chi connectivity index (χ0n) is 11.6. The van der Waals surface area contributed by atoms with Crippen LogP contribution in [0.15, 0.2) is 41.2 Å². The van der Waals surface area contributed by atoms with Crippen molar-refractivity contribution in [3.05, 3.63) is 63.6 Å². The fourth-order valence-electron chi connectivity index (χ4n) is 1.79. The summed E-state index contributed by atoms with van der Waals surface area (Å²) in [6.07, 6.45) is 0. The Morgan fingerprint density at radius 3 is 2.62 bits per heavy atom. The summed E-state index contributed by atoms with van der Waals surface area (Å²) >= 11 is 0. The minimum atomic E-state index is -0.543. The molecule has 1 aromatic carbocycles. The Labute approximate surface area is 120 Å². The number of ether oxygens (including phenoxy) is 1. The fraction of sp³-hybridized carbons (Fsp3) is 0.133. The quantitative estimate of drug-likeness (QED) is 0.841. The summed E-state index contributed by atoms with van der Waals surface area (Å²) in [6.45, 7) is 1.73. The Kier molecular flexibility index (Phi) is 4.18. The molecule has 0 saturated carbocycles. The topological polar surface area (TPSA) is 88.3 Å². The molecule has 0 aliphatic heterocycles. The lowest BCUT2D eigenvalue weighted by Gasteiger charge is -2.06. The number of aryl methyl sites for hydroxylation is 1. The number of methoxy groups -OCH3 is 1. The first-order valence-corrected chi connectivity index (χ1v) is 6.21. The van der Waals surface area contributed by atoms with E-state index in [1.807, 2.05) is 0 Å². The molecule has 108 valence electrons. The third kappa shape index (κ3) is 3.36. The van der Waals surface area contributed by atoms with E-state index in [2.05, 4.69) is 15.0 Å². The van der Waals surface area contributed by atoms with Gasteiger partial charge in [0.1, 0.15) is 5.56 Å². The van der Waals surface area contributed by atoms with Gasteiger partial charge in [0, 0.05) is 11.4 Å². The number of H-pyrrole nitrogens is 1. The molecule has 1 aromatic heterocycles. The van der Waals surface area contributed by atoms with E-state index in [1.54, 1.807) is 31.2 Å². The highest BCUT2D eigenvalue weighted by Gasteiger charge is 2.12. The van der Waals surface area contributed by atoms with Crippen molar-refractivity contribution in [2.24, 2.45) is 0 Å². The number of rotatable bonds is 3. The van der Waals surface area contributed by atoms with Crippen LogP contribution in [-0.4, -0.2) is 24.0 Å². The van der Waals surface area contributed by atoms with Gasteiger partial charge in [0.2, 0.25) is 0 Å². The van der Waals surface area contributed by atoms with Crippen molar-refractivity contribution in [2.75, 3.05) is 12.4 Å². The maximum Gasteiger partial charge on any atom is 0.337 e. The third-order valence-corrected chi connectivity index (χ3v) is 2.84. The van der Waals surface area contributed by atoms with Gasteiger partial charge in [-0.1, -0.05) is 6.07 Å². The average molecular weight is 286 g/mol. The molecule has 0 unspecified atom stereocenters. The molecule has 0 fully saturated rings. The van der Waals surface area contributed by atoms with Crippen LogP contribution in [0.3, 0.4) is 0 Å². The molecule has 2 N–H and O–H groups in total. The number of nitrogens with one attached hydrogen (secondary N) is 2. The summed E-state index contributed by atoms with van der Waals surface area (Å²) in [7, 11) is 1.28. The summed E-state index contributed by atoms with van der Waals surface area (Å²) in [6, 6.07) is 9.37. The lowest BCUT2D eigenvalue weighted by atomic mass is 10.2. The molecule has 0 aliphatic rings. The molecule has 0 radical (unpaired) electrons. The predicted molar refractivity (Wildman–Crippen MR) is 77.5 cm³/mol. The number of carbonyl (C=O) groups is 2. The summed E-state index contributed by atoms with van der Waals surface area (Å²) in [5, 5.41) is 2.57. The number of aromatic amines is 1. The van der Waals surface area contributed by atoms with Crippen LogP contribution < -0.4 is 10.9 Å². The number of benzene rings is 1. The van der Waals surface area contributed by atoms with E-state index in [0.29, 0.717) is 16.9 Å². The molecule has 0 aliphatic carbocycles. The Morgan fingerprint density at radius 1 is 1.19 bits per heavy atom. The SMILES string of the molecule is COC(=O)c1cccc(NC(=O)c2ccc(C)[nH]c2=O)c1. The zero-order chi connectivity index (χ0) is 15.4. The molecule has 1 amide bonds. The van der Waals surface area contributed by atoms with Gasteiger partial charge in [-0.15, -0.1) is 0 Å². The molecule has 0 bridgehead atoms. The summed E-state index contributed by atoms with van der Waals surface area (Å²) in [5.74, 6) is -1.04. The van der Waals surface area contributed by atoms with Gasteiger partial charge < -0.3 is 15.0 Å². The van der Waals surface area contributed by atoms with Crippen LogP contribution in [0, 0.1) is 6.92 Å². The Morgan fingerprint density at radius 2 is 1.95 bits per heavy atom. The highest BCUT2D eigenvalue weighted by Crippen LogP contribution is 2.12. The van der Waals surface area contributed by atoms with E-state index in [-0.39, 0.29) is 5.56 Å². The van der Waals surface area contributed by atoms with Gasteiger partial charge in [-0.25, -0.2) is 4.79 Å². The molecule has 0 spiro atoms. The third-order valence-electron chi connectivity index (χ3n) is 2.84. The average Bonchev–Trinajstić information content (AvgIpc) is 2.46. The molecule has 6 nitrogen and oxygen atoms in total. The van der Waals surface area contributed by atoms with Gasteiger partial charge in [0.05, 0.1) is 12.7 Å². The van der Waals surface area contributed by atoms with Crippen LogP contribution in [0.5, 0.6) is 0 Å². The van der Waals surface area contributed by atoms with E-state index < -0.39 is 17.4 Å². The molecule has 0 saturated heterocycles. The minimum absolute atomic E-state index is 0.00377. The number of hydrogen-bond donors (Lipinski definition) is 2. The van der Waals surface area contributed by atoms with Gasteiger partial charge in [0.25, 0.3) is 11.5 Å². The Bertz CT molecular complexity index is 749. The monoisotopic (exact) mass is 286 g/mol. The van der Waals surface area contributed by atoms with Gasteiger partial charge in [0.15, 0.2) is 0 Å². The minimum Gasteiger partial charge on any atom is -0.465 e. The zero-order valence-corrected chi connectivity index (χ0v) is 11.6. The first-order valence-electron chi connectivity index (χ1n) is 6.21. The summed E-state index contributed by atoms with van der Waals surface area (Å²) in [5.41, 5.74) is 0.931. The number of esters is 1. The van der Waals surface area contributed by atoms with Crippen molar-refractivity contribution in [3.8, 4) is 0 Å². The number of aromatic nitrogens is 1. The largest absolute Gasteiger partial charge is 0.465 e. The first-order chi connectivity index (χ1) is 10.0. The first kappa shape index (κ1) is 14.5.